The second-order valence-corrected chi connectivity index (χ2v) is 7.73. The minimum absolute atomic E-state index is 0.00986. The molecule has 0 unspecified atom stereocenters. The van der Waals surface area contributed by atoms with Gasteiger partial charge in [-0.25, -0.2) is 0 Å². The van der Waals surface area contributed by atoms with Crippen molar-refractivity contribution in [3.05, 3.63) is 58.7 Å². The predicted molar refractivity (Wildman–Crippen MR) is 81.2 cm³/mol. The van der Waals surface area contributed by atoms with E-state index in [9.17, 15) is 57.3 Å². The second kappa shape index (κ2) is 7.51. The summed E-state index contributed by atoms with van der Waals surface area (Å²) in [6.07, 6.45) is -21.4. The summed E-state index contributed by atoms with van der Waals surface area (Å²) in [7, 11) is -4.12. The summed E-state index contributed by atoms with van der Waals surface area (Å²) in [5.74, 6) is 0. The molecule has 0 N–H and O–H groups in total. The maximum atomic E-state index is 12.9. The van der Waals surface area contributed by atoms with Crippen molar-refractivity contribution in [1.82, 2.24) is 0 Å². The van der Waals surface area contributed by atoms with Gasteiger partial charge in [0.2, 0.25) is 0 Å². The number of hydrogen-bond acceptors (Lipinski definition) is 1. The highest BCUT2D eigenvalue weighted by molar-refractivity contribution is 7.61. The molecular weight excluding hydrogens is 467 g/mol. The van der Waals surface area contributed by atoms with Crippen molar-refractivity contribution >= 4 is 18.4 Å². The van der Waals surface area contributed by atoms with Crippen LogP contribution in [-0.4, -0.2) is 0 Å². The molecule has 0 aliphatic carbocycles. The molecule has 0 radical (unpaired) electrons. The summed E-state index contributed by atoms with van der Waals surface area (Å²) >= 11 is 0. The molecule has 2 aromatic carbocycles. The fourth-order valence-electron chi connectivity index (χ4n) is 2.34. The first-order valence-electron chi connectivity index (χ1n) is 7.44. The average Bonchev–Trinajstić information content (AvgIpc) is 2.57. The highest BCUT2D eigenvalue weighted by Gasteiger charge is 2.39. The molecule has 0 aliphatic heterocycles. The minimum atomic E-state index is -5.34. The summed E-state index contributed by atoms with van der Waals surface area (Å²) in [5, 5.41) is -2.40. The van der Waals surface area contributed by atoms with E-state index in [2.05, 4.69) is 0 Å². The molecule has 30 heavy (non-hydrogen) atoms. The number of rotatable bonds is 2. The Kier molecular flexibility index (Phi) is 6.03. The molecule has 0 bridgehead atoms. The number of hydrogen-bond donors (Lipinski definition) is 0. The van der Waals surface area contributed by atoms with E-state index < -0.39 is 65.4 Å². The monoisotopic (exact) mass is 474 g/mol. The van der Waals surface area contributed by atoms with Gasteiger partial charge in [0, 0.05) is 10.6 Å². The molecule has 0 amide bonds. The average molecular weight is 474 g/mol. The normalized spacial score (nSPS) is 13.8. The molecule has 0 aromatic heterocycles. The van der Waals surface area contributed by atoms with Gasteiger partial charge in [-0.15, -0.1) is 0 Å². The van der Waals surface area contributed by atoms with Gasteiger partial charge in [0.25, 0.3) is 0 Å². The fourth-order valence-corrected chi connectivity index (χ4v) is 3.82. The van der Waals surface area contributed by atoms with Crippen molar-refractivity contribution in [2.24, 2.45) is 0 Å². The molecule has 0 saturated heterocycles. The van der Waals surface area contributed by atoms with Crippen molar-refractivity contribution in [3.63, 3.8) is 0 Å². The van der Waals surface area contributed by atoms with Gasteiger partial charge >= 0.3 is 24.7 Å². The molecule has 1 nitrogen and oxygen atoms in total. The van der Waals surface area contributed by atoms with Crippen LogP contribution in [0.1, 0.15) is 22.3 Å². The van der Waals surface area contributed by atoms with Crippen LogP contribution in [0.25, 0.3) is 0 Å². The van der Waals surface area contributed by atoms with Gasteiger partial charge in [0.05, 0.1) is 22.3 Å². The first-order valence-corrected chi connectivity index (χ1v) is 8.84. The lowest BCUT2D eigenvalue weighted by atomic mass is 10.1. The lowest BCUT2D eigenvalue weighted by molar-refractivity contribution is -0.144. The van der Waals surface area contributed by atoms with E-state index in [1.165, 1.54) is 0 Å². The maximum absolute atomic E-state index is 12.9. The topological polar surface area (TPSA) is 17.1 Å². The van der Waals surface area contributed by atoms with Gasteiger partial charge in [0.15, 0.2) is 0 Å². The summed E-state index contributed by atoms with van der Waals surface area (Å²) in [5.41, 5.74) is -7.63. The van der Waals surface area contributed by atoms with Crippen LogP contribution in [0.2, 0.25) is 0 Å². The van der Waals surface area contributed by atoms with Crippen LogP contribution in [0.3, 0.4) is 0 Å². The van der Waals surface area contributed by atoms with E-state index in [0.29, 0.717) is 0 Å². The van der Waals surface area contributed by atoms with Crippen LogP contribution in [-0.2, 0) is 29.3 Å². The van der Waals surface area contributed by atoms with Gasteiger partial charge in [-0.3, -0.25) is 0 Å². The Bertz CT molecular complexity index is 824. The quantitative estimate of drug-likeness (QED) is 0.371. The third-order valence-electron chi connectivity index (χ3n) is 3.70. The van der Waals surface area contributed by atoms with Crippen LogP contribution < -0.4 is 10.6 Å². The standard InChI is InChI=1S/C16H7F12OP/c17-13(18,19)7-1-8(14(20,21)22)4-11(3-7)30(29)12-5-9(15(23,24)25)2-10(6-12)16(26,27)28/h1-6,30H. The van der Waals surface area contributed by atoms with E-state index >= 15 is 0 Å². The Morgan fingerprint density at radius 1 is 0.433 bits per heavy atom. The van der Waals surface area contributed by atoms with E-state index in [0.717, 1.165) is 0 Å². The predicted octanol–water partition coefficient (Wildman–Crippen LogP) is 6.27. The highest BCUT2D eigenvalue weighted by Crippen LogP contribution is 2.39. The Labute approximate surface area is 160 Å². The van der Waals surface area contributed by atoms with Gasteiger partial charge < -0.3 is 4.57 Å². The number of halogens is 12. The number of alkyl halides is 12. The lowest BCUT2D eigenvalue weighted by Gasteiger charge is -2.16. The Morgan fingerprint density at radius 2 is 0.633 bits per heavy atom. The summed E-state index contributed by atoms with van der Waals surface area (Å²) < 4.78 is 167. The Morgan fingerprint density at radius 3 is 0.800 bits per heavy atom. The smallest absolute Gasteiger partial charge is 0.317 e. The molecule has 2 aromatic rings. The van der Waals surface area contributed by atoms with Gasteiger partial charge in [-0.05, 0) is 36.4 Å². The maximum Gasteiger partial charge on any atom is 0.416 e. The third kappa shape index (κ3) is 5.50. The zero-order chi connectivity index (χ0) is 23.3. The van der Waals surface area contributed by atoms with E-state index in [-0.39, 0.29) is 36.4 Å². The molecular formula is C16H7F12OP. The molecule has 0 fully saturated rings. The van der Waals surface area contributed by atoms with Crippen LogP contribution in [0.15, 0.2) is 36.4 Å². The van der Waals surface area contributed by atoms with Crippen molar-refractivity contribution in [2.75, 3.05) is 0 Å². The van der Waals surface area contributed by atoms with Gasteiger partial charge in [-0.2, -0.15) is 52.7 Å². The minimum Gasteiger partial charge on any atom is -0.317 e. The molecule has 0 spiro atoms. The molecule has 0 aliphatic rings. The van der Waals surface area contributed by atoms with Crippen molar-refractivity contribution in [2.45, 2.75) is 24.7 Å². The molecule has 0 atom stereocenters. The van der Waals surface area contributed by atoms with Crippen LogP contribution in [0.4, 0.5) is 52.7 Å². The molecule has 2 rings (SSSR count). The summed E-state index contributed by atoms with van der Waals surface area (Å²) in [6.45, 7) is 0. The van der Waals surface area contributed by atoms with E-state index in [1.54, 1.807) is 0 Å². The van der Waals surface area contributed by atoms with Gasteiger partial charge in [0.1, 0.15) is 7.80 Å². The van der Waals surface area contributed by atoms with Crippen LogP contribution in [0, 0.1) is 0 Å². The largest absolute Gasteiger partial charge is 0.416 e. The van der Waals surface area contributed by atoms with Crippen molar-refractivity contribution < 1.29 is 57.3 Å². The SMILES string of the molecule is O=[PH](c1cc(C(F)(F)F)cc(C(F)(F)F)c1)c1cc(C(F)(F)F)cc(C(F)(F)F)c1. The Balaban J connectivity index is 2.73. The third-order valence-corrected chi connectivity index (χ3v) is 5.33. The molecule has 14 heteroatoms. The van der Waals surface area contributed by atoms with E-state index in [1.807, 2.05) is 0 Å². The first kappa shape index (κ1) is 24.1. The lowest BCUT2D eigenvalue weighted by Crippen LogP contribution is -2.19. The summed E-state index contributed by atoms with van der Waals surface area (Å²) in [4.78, 5) is 0. The molecule has 0 heterocycles. The fraction of sp³-hybridized carbons (Fsp3) is 0.250. The van der Waals surface area contributed by atoms with Crippen LogP contribution >= 0.6 is 7.80 Å². The zero-order valence-electron chi connectivity index (χ0n) is 13.9. The Hall–Kier alpha value is -2.17. The van der Waals surface area contributed by atoms with Gasteiger partial charge in [-0.1, -0.05) is 0 Å². The molecule has 166 valence electrons. The zero-order valence-corrected chi connectivity index (χ0v) is 14.9. The van der Waals surface area contributed by atoms with Crippen LogP contribution in [0.5, 0.6) is 0 Å². The number of benzene rings is 2. The second-order valence-electron chi connectivity index (χ2n) is 5.92. The van der Waals surface area contributed by atoms with E-state index in [4.69, 9.17) is 0 Å². The first-order chi connectivity index (χ1) is 13.3. The van der Waals surface area contributed by atoms with Crippen molar-refractivity contribution in [3.8, 4) is 0 Å². The molecule has 0 saturated carbocycles. The highest BCUT2D eigenvalue weighted by atomic mass is 31.1. The summed E-state index contributed by atoms with van der Waals surface area (Å²) in [6, 6.07) is -0.667. The van der Waals surface area contributed by atoms with Crippen molar-refractivity contribution in [1.29, 1.82) is 0 Å².